The zero-order chi connectivity index (χ0) is 25.0. The van der Waals surface area contributed by atoms with Crippen molar-refractivity contribution in [2.75, 3.05) is 18.6 Å². The molecule has 2 aromatic rings. The molecule has 11 heteroatoms. The number of amides is 1. The van der Waals surface area contributed by atoms with Crippen LogP contribution in [0, 0.1) is 12.8 Å². The molecule has 1 saturated heterocycles. The average Bonchev–Trinajstić information content (AvgIpc) is 2.76. The normalized spacial score (nSPS) is 18.4. The maximum Gasteiger partial charge on any atom is 0.409 e. The van der Waals surface area contributed by atoms with Crippen molar-refractivity contribution in [2.45, 2.75) is 62.2 Å². The van der Waals surface area contributed by atoms with Gasteiger partial charge in [-0.1, -0.05) is 41.0 Å². The smallest absolute Gasteiger partial charge is 0.409 e. The van der Waals surface area contributed by atoms with Gasteiger partial charge in [-0.05, 0) is 52.7 Å². The minimum absolute atomic E-state index is 0.303. The molecule has 1 aliphatic rings. The summed E-state index contributed by atoms with van der Waals surface area (Å²) in [5, 5.41) is 4.50. The van der Waals surface area contributed by atoms with Crippen molar-refractivity contribution in [3.05, 3.63) is 40.1 Å². The van der Waals surface area contributed by atoms with Crippen LogP contribution in [0.1, 0.15) is 39.3 Å². The fourth-order valence-corrected chi connectivity index (χ4v) is 4.89. The Morgan fingerprint density at radius 1 is 1.26 bits per heavy atom. The standard InChI is InChI=1S/C23H28Cl2N4O4S/c1-13-20(34-16-8-6-7-15(24)19(16)25)26-12-18(27-13)29-10-9-14(21(30)32-5)11-17(29)28-22(31)33-23(2,3)4/h6-8,12,14,17H,9-11H2,1-5H3,(H,28,31). The van der Waals surface area contributed by atoms with Gasteiger partial charge in [0.2, 0.25) is 0 Å². The number of hydrogen-bond acceptors (Lipinski definition) is 8. The number of aryl methyl sites for hydroxylation is 1. The quantitative estimate of drug-likeness (QED) is 0.511. The van der Waals surface area contributed by atoms with Gasteiger partial charge in [0.1, 0.15) is 22.6 Å². The molecule has 1 N–H and O–H groups in total. The minimum Gasteiger partial charge on any atom is -0.469 e. The Morgan fingerprint density at radius 3 is 2.65 bits per heavy atom. The van der Waals surface area contributed by atoms with E-state index >= 15 is 0 Å². The van der Waals surface area contributed by atoms with Crippen LogP contribution in [-0.4, -0.2) is 47.5 Å². The van der Waals surface area contributed by atoms with E-state index in [1.807, 2.05) is 24.0 Å². The van der Waals surface area contributed by atoms with E-state index in [0.29, 0.717) is 46.0 Å². The summed E-state index contributed by atoms with van der Waals surface area (Å²) in [6.45, 7) is 7.72. The molecule has 1 amide bonds. The van der Waals surface area contributed by atoms with Gasteiger partial charge in [0.15, 0.2) is 0 Å². The van der Waals surface area contributed by atoms with Crippen molar-refractivity contribution < 1.29 is 19.1 Å². The average molecular weight is 527 g/mol. The predicted molar refractivity (Wildman–Crippen MR) is 133 cm³/mol. The number of hydrogen-bond donors (Lipinski definition) is 1. The third-order valence-electron chi connectivity index (χ3n) is 5.13. The molecular formula is C23H28Cl2N4O4S. The van der Waals surface area contributed by atoms with Gasteiger partial charge in [-0.3, -0.25) is 4.79 Å². The summed E-state index contributed by atoms with van der Waals surface area (Å²) in [4.78, 5) is 36.7. The van der Waals surface area contributed by atoms with E-state index in [1.165, 1.54) is 18.9 Å². The number of nitrogens with one attached hydrogen (secondary N) is 1. The highest BCUT2D eigenvalue weighted by atomic mass is 35.5. The van der Waals surface area contributed by atoms with E-state index in [-0.39, 0.29) is 11.9 Å². The van der Waals surface area contributed by atoms with Crippen molar-refractivity contribution in [3.63, 3.8) is 0 Å². The topological polar surface area (TPSA) is 93.6 Å². The van der Waals surface area contributed by atoms with Gasteiger partial charge in [0, 0.05) is 11.4 Å². The second-order valence-electron chi connectivity index (χ2n) is 8.87. The maximum absolute atomic E-state index is 12.5. The van der Waals surface area contributed by atoms with Crippen molar-refractivity contribution in [2.24, 2.45) is 5.92 Å². The Labute approximate surface area is 213 Å². The van der Waals surface area contributed by atoms with Gasteiger partial charge >= 0.3 is 12.1 Å². The third-order valence-corrected chi connectivity index (χ3v) is 7.21. The van der Waals surface area contributed by atoms with Crippen LogP contribution in [0.4, 0.5) is 10.6 Å². The van der Waals surface area contributed by atoms with Crippen LogP contribution in [0.15, 0.2) is 34.3 Å². The largest absolute Gasteiger partial charge is 0.469 e. The predicted octanol–water partition coefficient (Wildman–Crippen LogP) is 5.48. The van der Waals surface area contributed by atoms with E-state index in [9.17, 15) is 9.59 Å². The first-order chi connectivity index (χ1) is 16.0. The molecule has 184 valence electrons. The van der Waals surface area contributed by atoms with E-state index in [0.717, 1.165) is 4.90 Å². The summed E-state index contributed by atoms with van der Waals surface area (Å²) in [5.74, 6) is -0.0542. The Hall–Kier alpha value is -2.23. The number of rotatable bonds is 5. The first-order valence-corrected chi connectivity index (χ1v) is 12.3. The Balaban J connectivity index is 1.83. The minimum atomic E-state index is -0.651. The molecule has 0 aliphatic carbocycles. The molecule has 3 rings (SSSR count). The summed E-state index contributed by atoms with van der Waals surface area (Å²) in [5.41, 5.74) is 0.0482. The van der Waals surface area contributed by atoms with Crippen molar-refractivity contribution in [3.8, 4) is 0 Å². The van der Waals surface area contributed by atoms with Gasteiger partial charge in [-0.2, -0.15) is 0 Å². The first kappa shape index (κ1) is 26.4. The monoisotopic (exact) mass is 526 g/mol. The Bertz CT molecular complexity index is 1060. The van der Waals surface area contributed by atoms with Gasteiger partial charge in [0.05, 0.1) is 35.0 Å². The molecule has 1 fully saturated rings. The number of alkyl carbamates (subject to hydrolysis) is 1. The van der Waals surface area contributed by atoms with Crippen LogP contribution in [0.3, 0.4) is 0 Å². The zero-order valence-electron chi connectivity index (χ0n) is 19.7. The molecule has 1 aromatic heterocycles. The van der Waals surface area contributed by atoms with Gasteiger partial charge < -0.3 is 19.7 Å². The molecule has 34 heavy (non-hydrogen) atoms. The zero-order valence-corrected chi connectivity index (χ0v) is 22.1. The summed E-state index contributed by atoms with van der Waals surface area (Å²) in [6.07, 6.45) is 1.49. The van der Waals surface area contributed by atoms with Crippen molar-refractivity contribution >= 4 is 52.8 Å². The number of piperidine rings is 1. The number of carbonyl (C=O) groups is 2. The Kier molecular flexibility index (Phi) is 8.54. The number of anilines is 1. The SMILES string of the molecule is COC(=O)C1CCN(c2cnc(Sc3cccc(Cl)c3Cl)c(C)n2)C(NC(=O)OC(C)(C)C)C1. The number of aromatic nitrogens is 2. The number of methoxy groups -OCH3 is 1. The van der Waals surface area contributed by atoms with E-state index < -0.39 is 17.9 Å². The van der Waals surface area contributed by atoms with Gasteiger partial charge in [-0.25, -0.2) is 14.8 Å². The summed E-state index contributed by atoms with van der Waals surface area (Å²) < 4.78 is 10.3. The number of nitrogens with zero attached hydrogens (tertiary/aromatic N) is 3. The number of carbonyl (C=O) groups excluding carboxylic acids is 2. The van der Waals surface area contributed by atoms with Gasteiger partial charge in [0.25, 0.3) is 0 Å². The maximum atomic E-state index is 12.5. The van der Waals surface area contributed by atoms with Crippen LogP contribution in [0.2, 0.25) is 10.0 Å². The lowest BCUT2D eigenvalue weighted by Crippen LogP contribution is -2.55. The van der Waals surface area contributed by atoms with Crippen LogP contribution in [0.5, 0.6) is 0 Å². The molecule has 0 bridgehead atoms. The summed E-state index contributed by atoms with van der Waals surface area (Å²) >= 11 is 13.8. The van der Waals surface area contributed by atoms with Crippen molar-refractivity contribution in [1.82, 2.24) is 15.3 Å². The van der Waals surface area contributed by atoms with E-state index in [4.69, 9.17) is 37.7 Å². The fraction of sp³-hybridized carbons (Fsp3) is 0.478. The third kappa shape index (κ3) is 6.67. The highest BCUT2D eigenvalue weighted by molar-refractivity contribution is 7.99. The highest BCUT2D eigenvalue weighted by Crippen LogP contribution is 2.37. The second-order valence-corrected chi connectivity index (χ2v) is 10.7. The lowest BCUT2D eigenvalue weighted by molar-refractivity contribution is -0.146. The van der Waals surface area contributed by atoms with Crippen LogP contribution < -0.4 is 10.2 Å². The molecule has 2 unspecified atom stereocenters. The number of halogens is 2. The molecule has 2 atom stereocenters. The molecule has 0 saturated carbocycles. The molecule has 1 aliphatic heterocycles. The molecule has 1 aromatic carbocycles. The second kappa shape index (κ2) is 11.0. The van der Waals surface area contributed by atoms with Crippen LogP contribution >= 0.6 is 35.0 Å². The number of benzene rings is 1. The molecular weight excluding hydrogens is 499 g/mol. The molecule has 2 heterocycles. The number of esters is 1. The molecule has 8 nitrogen and oxygen atoms in total. The fourth-order valence-electron chi connectivity index (χ4n) is 3.56. The summed E-state index contributed by atoms with van der Waals surface area (Å²) in [6, 6.07) is 5.42. The Morgan fingerprint density at radius 2 is 2.00 bits per heavy atom. The lowest BCUT2D eigenvalue weighted by atomic mass is 9.94. The summed E-state index contributed by atoms with van der Waals surface area (Å²) in [7, 11) is 1.36. The van der Waals surface area contributed by atoms with Gasteiger partial charge in [-0.15, -0.1) is 0 Å². The van der Waals surface area contributed by atoms with Crippen LogP contribution in [-0.2, 0) is 14.3 Å². The van der Waals surface area contributed by atoms with Crippen molar-refractivity contribution in [1.29, 1.82) is 0 Å². The highest BCUT2D eigenvalue weighted by Gasteiger charge is 2.35. The lowest BCUT2D eigenvalue weighted by Gasteiger charge is -2.39. The van der Waals surface area contributed by atoms with E-state index in [2.05, 4.69) is 10.3 Å². The van der Waals surface area contributed by atoms with E-state index in [1.54, 1.807) is 33.0 Å². The first-order valence-electron chi connectivity index (χ1n) is 10.8. The number of ether oxygens (including phenoxy) is 2. The van der Waals surface area contributed by atoms with Crippen LogP contribution in [0.25, 0.3) is 0 Å². The molecule has 0 radical (unpaired) electrons. The molecule has 0 spiro atoms.